The van der Waals surface area contributed by atoms with E-state index in [-0.39, 0.29) is 33.4 Å². The first kappa shape index (κ1) is 21.9. The number of methoxy groups -OCH3 is 2. The minimum absolute atomic E-state index is 0.0132. The molecule has 0 heterocycles. The Bertz CT molecular complexity index is 1180. The van der Waals surface area contributed by atoms with Crippen LogP contribution in [0, 0.1) is 0 Å². The fraction of sp³-hybridized carbons (Fsp3) is 0.136. The van der Waals surface area contributed by atoms with Gasteiger partial charge in [0.2, 0.25) is 0 Å². The summed E-state index contributed by atoms with van der Waals surface area (Å²) in [5.74, 6) is -1.96. The van der Waals surface area contributed by atoms with Gasteiger partial charge in [0.15, 0.2) is 18.1 Å². The van der Waals surface area contributed by atoms with E-state index in [4.69, 9.17) is 36.3 Å². The lowest BCUT2D eigenvalue weighted by Gasteiger charge is -2.14. The van der Waals surface area contributed by atoms with Crippen LogP contribution < -0.4 is 19.9 Å². The second-order valence-electron chi connectivity index (χ2n) is 6.32. The summed E-state index contributed by atoms with van der Waals surface area (Å²) in [4.78, 5) is 36.0. The van der Waals surface area contributed by atoms with Crippen molar-refractivity contribution < 1.29 is 33.3 Å². The van der Waals surface area contributed by atoms with Crippen molar-refractivity contribution in [3.63, 3.8) is 0 Å². The molecule has 3 aromatic carbocycles. The number of rotatable bonds is 7. The van der Waals surface area contributed by atoms with Crippen molar-refractivity contribution in [1.82, 2.24) is 0 Å². The van der Waals surface area contributed by atoms with E-state index in [2.05, 4.69) is 0 Å². The third-order valence-corrected chi connectivity index (χ3v) is 4.56. The summed E-state index contributed by atoms with van der Waals surface area (Å²) in [5.41, 5.74) is 5.21. The fourth-order valence-electron chi connectivity index (χ4n) is 2.85. The van der Waals surface area contributed by atoms with Gasteiger partial charge in [-0.25, -0.2) is 9.59 Å². The van der Waals surface area contributed by atoms with Crippen LogP contribution in [-0.4, -0.2) is 38.7 Å². The number of ether oxygens (including phenoxy) is 4. The molecule has 0 spiro atoms. The number of amides is 1. The molecule has 0 aliphatic carbocycles. The van der Waals surface area contributed by atoms with Crippen LogP contribution in [0.25, 0.3) is 10.8 Å². The summed E-state index contributed by atoms with van der Waals surface area (Å²) >= 11 is 6.19. The molecule has 0 saturated heterocycles. The van der Waals surface area contributed by atoms with Crippen LogP contribution in [0.3, 0.4) is 0 Å². The SMILES string of the molecule is COC(=O)c1cc2ccccc2cc1OC(=O)c1cc(Cl)c(OCC(N)=O)c(OC)c1. The minimum atomic E-state index is -0.790. The maximum Gasteiger partial charge on any atom is 0.343 e. The Morgan fingerprint density at radius 3 is 2.23 bits per heavy atom. The predicted molar refractivity (Wildman–Crippen MR) is 113 cm³/mol. The van der Waals surface area contributed by atoms with Gasteiger partial charge < -0.3 is 24.7 Å². The van der Waals surface area contributed by atoms with Gasteiger partial charge in [-0.15, -0.1) is 0 Å². The molecule has 0 bridgehead atoms. The number of hydrogen-bond acceptors (Lipinski definition) is 7. The van der Waals surface area contributed by atoms with Gasteiger partial charge in [-0.1, -0.05) is 35.9 Å². The molecule has 0 aliphatic rings. The predicted octanol–water partition coefficient (Wildman–Crippen LogP) is 3.37. The normalized spacial score (nSPS) is 10.4. The number of esters is 2. The van der Waals surface area contributed by atoms with E-state index in [1.54, 1.807) is 12.1 Å². The Hall–Kier alpha value is -3.78. The first-order chi connectivity index (χ1) is 14.8. The molecule has 0 unspecified atom stereocenters. The number of primary amides is 1. The molecule has 9 heteroatoms. The van der Waals surface area contributed by atoms with E-state index in [0.29, 0.717) is 0 Å². The molecule has 8 nitrogen and oxygen atoms in total. The zero-order chi connectivity index (χ0) is 22.5. The number of carbonyl (C=O) groups excluding carboxylic acids is 3. The highest BCUT2D eigenvalue weighted by Crippen LogP contribution is 2.37. The topological polar surface area (TPSA) is 114 Å². The summed E-state index contributed by atoms with van der Waals surface area (Å²) in [5, 5.41) is 1.56. The molecule has 0 fully saturated rings. The molecule has 160 valence electrons. The number of fused-ring (bicyclic) bond motifs is 1. The number of carbonyl (C=O) groups is 3. The van der Waals surface area contributed by atoms with Crippen LogP contribution in [-0.2, 0) is 9.53 Å². The molecule has 2 N–H and O–H groups in total. The molecule has 0 aliphatic heterocycles. The van der Waals surface area contributed by atoms with E-state index in [9.17, 15) is 14.4 Å². The van der Waals surface area contributed by atoms with Crippen molar-refractivity contribution in [2.24, 2.45) is 5.73 Å². The van der Waals surface area contributed by atoms with Crippen molar-refractivity contribution in [3.8, 4) is 17.2 Å². The van der Waals surface area contributed by atoms with E-state index >= 15 is 0 Å². The molecular formula is C22H18ClNO7. The largest absolute Gasteiger partial charge is 0.493 e. The van der Waals surface area contributed by atoms with Gasteiger partial charge >= 0.3 is 11.9 Å². The summed E-state index contributed by atoms with van der Waals surface area (Å²) in [7, 11) is 2.58. The smallest absolute Gasteiger partial charge is 0.343 e. The molecule has 31 heavy (non-hydrogen) atoms. The highest BCUT2D eigenvalue weighted by atomic mass is 35.5. The second-order valence-corrected chi connectivity index (χ2v) is 6.73. The molecule has 3 aromatic rings. The number of benzene rings is 3. The maximum atomic E-state index is 12.8. The average Bonchev–Trinajstić information content (AvgIpc) is 2.76. The van der Waals surface area contributed by atoms with Crippen LogP contribution in [0.2, 0.25) is 5.02 Å². The number of hydrogen-bond donors (Lipinski definition) is 1. The quantitative estimate of drug-likeness (QED) is 0.439. The standard InChI is InChI=1S/C22H18ClNO7/c1-28-18-10-14(8-16(23)20(18)30-11-19(24)25)21(26)31-17-9-13-6-4-3-5-12(13)7-15(17)22(27)29-2/h3-10H,11H2,1-2H3,(H2,24,25). The number of halogens is 1. The first-order valence-corrected chi connectivity index (χ1v) is 9.33. The average molecular weight is 444 g/mol. The molecular weight excluding hydrogens is 426 g/mol. The Morgan fingerprint density at radius 1 is 0.935 bits per heavy atom. The lowest BCUT2D eigenvalue weighted by atomic mass is 10.1. The third-order valence-electron chi connectivity index (χ3n) is 4.28. The monoisotopic (exact) mass is 443 g/mol. The van der Waals surface area contributed by atoms with Crippen LogP contribution >= 0.6 is 11.6 Å². The van der Waals surface area contributed by atoms with Gasteiger partial charge in [0.05, 0.1) is 24.8 Å². The summed E-state index contributed by atoms with van der Waals surface area (Å²) in [6, 6.07) is 13.1. The van der Waals surface area contributed by atoms with Crippen LogP contribution in [0.1, 0.15) is 20.7 Å². The van der Waals surface area contributed by atoms with E-state index < -0.39 is 24.5 Å². The Labute approximate surface area is 182 Å². The molecule has 0 aromatic heterocycles. The third kappa shape index (κ3) is 4.87. The lowest BCUT2D eigenvalue weighted by Crippen LogP contribution is -2.20. The van der Waals surface area contributed by atoms with Crippen LogP contribution in [0.4, 0.5) is 0 Å². The zero-order valence-corrected chi connectivity index (χ0v) is 17.4. The fourth-order valence-corrected chi connectivity index (χ4v) is 3.12. The Balaban J connectivity index is 1.97. The van der Waals surface area contributed by atoms with Crippen molar-refractivity contribution in [2.45, 2.75) is 0 Å². The van der Waals surface area contributed by atoms with E-state index in [1.807, 2.05) is 24.3 Å². The van der Waals surface area contributed by atoms with E-state index in [1.165, 1.54) is 26.4 Å². The first-order valence-electron chi connectivity index (χ1n) is 8.96. The van der Waals surface area contributed by atoms with Gasteiger partial charge in [-0.05, 0) is 35.0 Å². The summed E-state index contributed by atoms with van der Waals surface area (Å²) in [6.07, 6.45) is 0. The maximum absolute atomic E-state index is 12.8. The van der Waals surface area contributed by atoms with Crippen molar-refractivity contribution in [1.29, 1.82) is 0 Å². The van der Waals surface area contributed by atoms with Crippen LogP contribution in [0.15, 0.2) is 48.5 Å². The highest BCUT2D eigenvalue weighted by molar-refractivity contribution is 6.32. The van der Waals surface area contributed by atoms with Gasteiger partial charge in [0.1, 0.15) is 11.3 Å². The zero-order valence-electron chi connectivity index (χ0n) is 16.6. The number of nitrogens with two attached hydrogens (primary N) is 1. The minimum Gasteiger partial charge on any atom is -0.493 e. The van der Waals surface area contributed by atoms with Gasteiger partial charge in [-0.2, -0.15) is 0 Å². The van der Waals surface area contributed by atoms with Crippen LogP contribution in [0.5, 0.6) is 17.2 Å². The van der Waals surface area contributed by atoms with Crippen molar-refractivity contribution >= 4 is 40.2 Å². The summed E-state index contributed by atoms with van der Waals surface area (Å²) in [6.45, 7) is -0.417. The molecule has 0 radical (unpaired) electrons. The van der Waals surface area contributed by atoms with Gasteiger partial charge in [0, 0.05) is 0 Å². The Morgan fingerprint density at radius 2 is 1.61 bits per heavy atom. The molecule has 3 rings (SSSR count). The Kier molecular flexibility index (Phi) is 6.61. The van der Waals surface area contributed by atoms with Gasteiger partial charge in [0.25, 0.3) is 5.91 Å². The van der Waals surface area contributed by atoms with E-state index in [0.717, 1.165) is 10.8 Å². The van der Waals surface area contributed by atoms with Crippen molar-refractivity contribution in [2.75, 3.05) is 20.8 Å². The highest BCUT2D eigenvalue weighted by Gasteiger charge is 2.21. The lowest BCUT2D eigenvalue weighted by molar-refractivity contribution is -0.119. The summed E-state index contributed by atoms with van der Waals surface area (Å²) < 4.78 is 20.7. The molecule has 0 atom stereocenters. The van der Waals surface area contributed by atoms with Gasteiger partial charge in [-0.3, -0.25) is 4.79 Å². The molecule has 1 amide bonds. The second kappa shape index (κ2) is 9.36. The molecule has 0 saturated carbocycles. The van der Waals surface area contributed by atoms with Crippen molar-refractivity contribution in [3.05, 3.63) is 64.7 Å².